The van der Waals surface area contributed by atoms with E-state index in [2.05, 4.69) is 25.3 Å². The highest BCUT2D eigenvalue weighted by atomic mass is 16.5. The fraction of sp³-hybridized carbons (Fsp3) is 0.579. The number of benzene rings is 1. The number of aliphatic hydroxyl groups is 1. The largest absolute Gasteiger partial charge is 0.491 e. The van der Waals surface area contributed by atoms with Crippen molar-refractivity contribution in [2.75, 3.05) is 26.2 Å². The third-order valence-corrected chi connectivity index (χ3v) is 4.18. The average molecular weight is 303 g/mol. The quantitative estimate of drug-likeness (QED) is 0.786. The summed E-state index contributed by atoms with van der Waals surface area (Å²) < 4.78 is 5.82. The first kappa shape index (κ1) is 17.0. The van der Waals surface area contributed by atoms with Crippen molar-refractivity contribution in [1.29, 1.82) is 0 Å². The van der Waals surface area contributed by atoms with E-state index in [0.29, 0.717) is 25.0 Å². The lowest BCUT2D eigenvalue weighted by molar-refractivity contribution is 0.0427. The maximum absolute atomic E-state index is 10.3. The molecular weight excluding hydrogens is 274 g/mol. The summed E-state index contributed by atoms with van der Waals surface area (Å²) in [5.74, 6) is 2.28. The Balaban J connectivity index is 1.82. The minimum Gasteiger partial charge on any atom is -0.491 e. The van der Waals surface area contributed by atoms with E-state index in [1.165, 1.54) is 6.42 Å². The summed E-state index contributed by atoms with van der Waals surface area (Å²) in [6.45, 7) is 11.5. The molecule has 1 aromatic rings. The van der Waals surface area contributed by atoms with Gasteiger partial charge in [-0.25, -0.2) is 0 Å². The highest BCUT2D eigenvalue weighted by Crippen LogP contribution is 2.22. The summed E-state index contributed by atoms with van der Waals surface area (Å²) in [7, 11) is 0. The van der Waals surface area contributed by atoms with Crippen LogP contribution in [0.1, 0.15) is 25.8 Å². The molecule has 122 valence electrons. The fourth-order valence-corrected chi connectivity index (χ4v) is 3.45. The van der Waals surface area contributed by atoms with Crippen LogP contribution in [0.2, 0.25) is 0 Å². The molecule has 1 heterocycles. The number of likely N-dealkylation sites (tertiary alicyclic amines) is 1. The van der Waals surface area contributed by atoms with Gasteiger partial charge >= 0.3 is 0 Å². The predicted molar refractivity (Wildman–Crippen MR) is 91.2 cm³/mol. The molecule has 1 aliphatic heterocycles. The molecule has 0 amide bonds. The summed E-state index contributed by atoms with van der Waals surface area (Å²) >= 11 is 0. The number of β-amino-alcohol motifs (C(OH)–C–C–N with tert-alkyl or cyclic N) is 1. The molecule has 0 bridgehead atoms. The van der Waals surface area contributed by atoms with Gasteiger partial charge in [0.25, 0.3) is 0 Å². The Morgan fingerprint density at radius 3 is 2.68 bits per heavy atom. The van der Waals surface area contributed by atoms with Gasteiger partial charge in [0.05, 0.1) is 0 Å². The number of piperidine rings is 1. The number of para-hydroxylation sites is 1. The van der Waals surface area contributed by atoms with Gasteiger partial charge in [-0.05, 0) is 36.3 Å². The predicted octanol–water partition coefficient (Wildman–Crippen LogP) is 3.13. The van der Waals surface area contributed by atoms with Crippen LogP contribution in [0.15, 0.2) is 36.9 Å². The second kappa shape index (κ2) is 8.35. The van der Waals surface area contributed by atoms with Crippen molar-refractivity contribution in [3.05, 3.63) is 42.5 Å². The summed E-state index contributed by atoms with van der Waals surface area (Å²) in [5, 5.41) is 10.3. The lowest BCUT2D eigenvalue weighted by Gasteiger charge is -2.35. The van der Waals surface area contributed by atoms with Crippen molar-refractivity contribution in [2.45, 2.75) is 32.8 Å². The van der Waals surface area contributed by atoms with E-state index in [4.69, 9.17) is 4.74 Å². The van der Waals surface area contributed by atoms with Gasteiger partial charge in [0.2, 0.25) is 0 Å². The molecule has 22 heavy (non-hydrogen) atoms. The van der Waals surface area contributed by atoms with Crippen LogP contribution in [0.3, 0.4) is 0 Å². The van der Waals surface area contributed by atoms with E-state index in [1.807, 2.05) is 30.3 Å². The molecule has 3 nitrogen and oxygen atoms in total. The Bertz CT molecular complexity index is 464. The number of aliphatic hydroxyl groups excluding tert-OH is 1. The van der Waals surface area contributed by atoms with Crippen molar-refractivity contribution < 1.29 is 9.84 Å². The van der Waals surface area contributed by atoms with Crippen molar-refractivity contribution in [3.63, 3.8) is 0 Å². The second-order valence-corrected chi connectivity index (χ2v) is 6.73. The van der Waals surface area contributed by atoms with Crippen molar-refractivity contribution in [1.82, 2.24) is 4.90 Å². The highest BCUT2D eigenvalue weighted by Gasteiger charge is 2.23. The maximum atomic E-state index is 10.3. The lowest BCUT2D eigenvalue weighted by atomic mass is 9.92. The molecule has 1 fully saturated rings. The van der Waals surface area contributed by atoms with Gasteiger partial charge < -0.3 is 14.7 Å². The Kier molecular flexibility index (Phi) is 6.47. The highest BCUT2D eigenvalue weighted by molar-refractivity contribution is 5.34. The van der Waals surface area contributed by atoms with E-state index in [1.54, 1.807) is 0 Å². The van der Waals surface area contributed by atoms with Crippen LogP contribution in [-0.4, -0.2) is 42.4 Å². The second-order valence-electron chi connectivity index (χ2n) is 6.73. The molecule has 3 heteroatoms. The van der Waals surface area contributed by atoms with Crippen LogP contribution in [0, 0.1) is 11.8 Å². The molecule has 0 spiro atoms. The van der Waals surface area contributed by atoms with Crippen LogP contribution in [0.5, 0.6) is 5.75 Å². The molecule has 0 radical (unpaired) electrons. The molecule has 1 aliphatic rings. The molecule has 2 rings (SSSR count). The van der Waals surface area contributed by atoms with E-state index in [-0.39, 0.29) is 0 Å². The topological polar surface area (TPSA) is 32.7 Å². The van der Waals surface area contributed by atoms with Gasteiger partial charge in [-0.2, -0.15) is 0 Å². The van der Waals surface area contributed by atoms with E-state index < -0.39 is 6.10 Å². The Hall–Kier alpha value is -1.32. The fourth-order valence-electron chi connectivity index (χ4n) is 3.45. The molecule has 3 atom stereocenters. The van der Waals surface area contributed by atoms with Crippen molar-refractivity contribution >= 4 is 0 Å². The minimum absolute atomic E-state index is 0.341. The molecule has 1 N–H and O–H groups in total. The minimum atomic E-state index is -0.450. The molecule has 0 aromatic heterocycles. The van der Waals surface area contributed by atoms with E-state index >= 15 is 0 Å². The third-order valence-electron chi connectivity index (χ3n) is 4.18. The number of rotatable bonds is 7. The number of nitrogens with zero attached hydrogens (tertiary/aromatic N) is 1. The first-order chi connectivity index (χ1) is 10.6. The molecule has 1 saturated heterocycles. The zero-order chi connectivity index (χ0) is 15.9. The Labute approximate surface area is 134 Å². The van der Waals surface area contributed by atoms with Gasteiger partial charge in [-0.1, -0.05) is 38.1 Å². The van der Waals surface area contributed by atoms with Crippen LogP contribution < -0.4 is 4.74 Å². The van der Waals surface area contributed by atoms with Gasteiger partial charge in [0, 0.05) is 19.6 Å². The number of hydrogen-bond donors (Lipinski definition) is 1. The smallest absolute Gasteiger partial charge is 0.122 e. The van der Waals surface area contributed by atoms with Crippen molar-refractivity contribution in [2.24, 2.45) is 11.8 Å². The average Bonchev–Trinajstić information content (AvgIpc) is 2.45. The zero-order valence-corrected chi connectivity index (χ0v) is 13.9. The van der Waals surface area contributed by atoms with Gasteiger partial charge in [-0.3, -0.25) is 0 Å². The van der Waals surface area contributed by atoms with Gasteiger partial charge in [0.1, 0.15) is 18.5 Å². The van der Waals surface area contributed by atoms with E-state index in [9.17, 15) is 5.11 Å². The summed E-state index contributed by atoms with van der Waals surface area (Å²) in [6.07, 6.45) is 3.50. The third kappa shape index (κ3) is 5.15. The van der Waals surface area contributed by atoms with E-state index in [0.717, 1.165) is 30.8 Å². The molecular formula is C19H29NO2. The Morgan fingerprint density at radius 1 is 1.32 bits per heavy atom. The number of allylic oxidation sites excluding steroid dienone is 1. The summed E-state index contributed by atoms with van der Waals surface area (Å²) in [6, 6.07) is 7.95. The molecule has 1 aromatic carbocycles. The normalized spacial score (nSPS) is 24.0. The van der Waals surface area contributed by atoms with Crippen LogP contribution in [0.25, 0.3) is 0 Å². The molecule has 0 saturated carbocycles. The zero-order valence-electron chi connectivity index (χ0n) is 13.9. The number of hydrogen-bond acceptors (Lipinski definition) is 3. The van der Waals surface area contributed by atoms with Crippen LogP contribution >= 0.6 is 0 Å². The first-order valence-corrected chi connectivity index (χ1v) is 8.30. The standard InChI is InChI=1S/C19H29NO2/c1-4-7-17-8-5-6-9-19(17)22-14-18(21)13-20-11-15(2)10-16(3)12-20/h4-6,8-9,15-16,18,21H,1,7,10-14H2,2-3H3/t15-,16-,18-/m1/s1. The van der Waals surface area contributed by atoms with Crippen LogP contribution in [-0.2, 0) is 6.42 Å². The van der Waals surface area contributed by atoms with Gasteiger partial charge in [0.15, 0.2) is 0 Å². The number of ether oxygens (including phenoxy) is 1. The van der Waals surface area contributed by atoms with Crippen molar-refractivity contribution in [3.8, 4) is 5.75 Å². The summed E-state index contributed by atoms with van der Waals surface area (Å²) in [5.41, 5.74) is 1.12. The first-order valence-electron chi connectivity index (χ1n) is 8.30. The molecule has 0 aliphatic carbocycles. The SMILES string of the molecule is C=CCc1ccccc1OC[C@H](O)CN1C[C@H](C)C[C@@H](C)C1. The summed E-state index contributed by atoms with van der Waals surface area (Å²) in [4.78, 5) is 2.36. The molecule has 0 unspecified atom stereocenters. The maximum Gasteiger partial charge on any atom is 0.122 e. The van der Waals surface area contributed by atoms with Crippen LogP contribution in [0.4, 0.5) is 0 Å². The lowest BCUT2D eigenvalue weighted by Crippen LogP contribution is -2.44. The van der Waals surface area contributed by atoms with Gasteiger partial charge in [-0.15, -0.1) is 6.58 Å². The monoisotopic (exact) mass is 303 g/mol. The Morgan fingerprint density at radius 2 is 2.00 bits per heavy atom.